The molecular formula is C9H9F12O3PS. The van der Waals surface area contributed by atoms with Crippen molar-refractivity contribution >= 4 is 18.5 Å². The van der Waals surface area contributed by atoms with Gasteiger partial charge in [0.05, 0.1) is 0 Å². The van der Waals surface area contributed by atoms with Gasteiger partial charge in [0, 0.05) is 0 Å². The molecule has 17 heteroatoms. The molecule has 0 amide bonds. The van der Waals surface area contributed by atoms with Crippen LogP contribution in [0.25, 0.3) is 0 Å². The van der Waals surface area contributed by atoms with Crippen molar-refractivity contribution in [1.29, 1.82) is 0 Å². The summed E-state index contributed by atoms with van der Waals surface area (Å²) >= 11 is 4.08. The smallest absolute Gasteiger partial charge is 0.302 e. The van der Waals surface area contributed by atoms with Crippen molar-refractivity contribution in [2.24, 2.45) is 0 Å². The quantitative estimate of drug-likeness (QED) is 0.307. The van der Waals surface area contributed by atoms with Gasteiger partial charge in [0.2, 0.25) is 0 Å². The van der Waals surface area contributed by atoms with Gasteiger partial charge in [0.15, 0.2) is 0 Å². The summed E-state index contributed by atoms with van der Waals surface area (Å²) in [6.45, 7) is -12.4. The fourth-order valence-corrected chi connectivity index (χ4v) is 2.48. The third kappa shape index (κ3) is 8.15. The lowest BCUT2D eigenvalue weighted by atomic mass is 10.4. The Morgan fingerprint density at radius 3 is 0.923 bits per heavy atom. The Balaban J connectivity index is 5.23. The van der Waals surface area contributed by atoms with Crippen LogP contribution < -0.4 is 0 Å². The average molecular weight is 456 g/mol. The molecule has 26 heavy (non-hydrogen) atoms. The second-order valence-corrected chi connectivity index (χ2v) is 7.46. The Hall–Kier alpha value is -0.310. The summed E-state index contributed by atoms with van der Waals surface area (Å²) < 4.78 is 160. The van der Waals surface area contributed by atoms with E-state index in [2.05, 4.69) is 25.4 Å². The Kier molecular flexibility index (Phi) is 9.15. The van der Waals surface area contributed by atoms with Crippen LogP contribution in [0.1, 0.15) is 0 Å². The van der Waals surface area contributed by atoms with Crippen LogP contribution in [0.5, 0.6) is 0 Å². The third-order valence-corrected chi connectivity index (χ3v) is 4.49. The predicted octanol–water partition coefficient (Wildman–Crippen LogP) is 4.96. The molecule has 0 saturated carbocycles. The highest BCUT2D eigenvalue weighted by atomic mass is 32.5. The fourth-order valence-electron chi connectivity index (χ4n) is 0.796. The van der Waals surface area contributed by atoms with E-state index in [0.29, 0.717) is 0 Å². The summed E-state index contributed by atoms with van der Waals surface area (Å²) in [7, 11) is 0. The van der Waals surface area contributed by atoms with Crippen molar-refractivity contribution in [3.05, 3.63) is 0 Å². The molecule has 0 aliphatic heterocycles. The van der Waals surface area contributed by atoms with Gasteiger partial charge in [0.25, 0.3) is 0 Å². The topological polar surface area (TPSA) is 27.7 Å². The molecule has 0 unspecified atom stereocenters. The first-order chi connectivity index (χ1) is 11.5. The van der Waals surface area contributed by atoms with Gasteiger partial charge < -0.3 is 13.6 Å². The van der Waals surface area contributed by atoms with Crippen LogP contribution in [0.4, 0.5) is 52.7 Å². The molecule has 0 rings (SSSR count). The minimum absolute atomic E-state index is 2.40. The summed E-state index contributed by atoms with van der Waals surface area (Å²) in [6.07, 6.45) is -13.1. The van der Waals surface area contributed by atoms with Crippen molar-refractivity contribution < 1.29 is 66.3 Å². The van der Waals surface area contributed by atoms with Crippen molar-refractivity contribution in [3.8, 4) is 0 Å². The first-order valence-electron chi connectivity index (χ1n) is 5.97. The van der Waals surface area contributed by atoms with Gasteiger partial charge >= 0.3 is 43.8 Å². The molecule has 0 N–H and O–H groups in total. The molecular weight excluding hydrogens is 447 g/mol. The molecule has 3 nitrogen and oxygen atoms in total. The van der Waals surface area contributed by atoms with Crippen LogP contribution in [-0.4, -0.2) is 56.9 Å². The minimum atomic E-state index is -5.23. The predicted molar refractivity (Wildman–Crippen MR) is 65.0 cm³/mol. The highest BCUT2D eigenvalue weighted by Gasteiger charge is 2.48. The van der Waals surface area contributed by atoms with Crippen LogP contribution in [0, 0.1) is 0 Å². The number of hydrogen-bond donors (Lipinski definition) is 0. The van der Waals surface area contributed by atoms with Gasteiger partial charge in [-0.2, -0.15) is 26.3 Å². The zero-order valence-corrected chi connectivity index (χ0v) is 13.7. The minimum Gasteiger partial charge on any atom is -0.302 e. The molecule has 0 bridgehead atoms. The zero-order valence-electron chi connectivity index (χ0n) is 12.0. The van der Waals surface area contributed by atoms with Gasteiger partial charge in [0.1, 0.15) is 19.8 Å². The lowest BCUT2D eigenvalue weighted by molar-refractivity contribution is -0.168. The number of halogens is 12. The maximum Gasteiger partial charge on any atom is 0.330 e. The van der Waals surface area contributed by atoms with Gasteiger partial charge in [-0.05, 0) is 11.8 Å². The van der Waals surface area contributed by atoms with E-state index in [1.807, 2.05) is 0 Å². The lowest BCUT2D eigenvalue weighted by Crippen LogP contribution is -2.35. The molecule has 0 heterocycles. The largest absolute Gasteiger partial charge is 0.330 e. The van der Waals surface area contributed by atoms with Crippen molar-refractivity contribution in [3.63, 3.8) is 0 Å². The van der Waals surface area contributed by atoms with E-state index in [-0.39, 0.29) is 0 Å². The van der Waals surface area contributed by atoms with E-state index in [9.17, 15) is 52.7 Å². The summed E-state index contributed by atoms with van der Waals surface area (Å²) in [4.78, 5) is 0. The molecule has 0 spiro atoms. The summed E-state index contributed by atoms with van der Waals surface area (Å²) in [5, 5.41) is 0. The Bertz CT molecular complexity index is 422. The molecule has 0 atom stereocenters. The first kappa shape index (κ1) is 25.7. The van der Waals surface area contributed by atoms with E-state index < -0.39 is 63.6 Å². The molecule has 0 radical (unpaired) electrons. The fraction of sp³-hybridized carbons (Fsp3) is 1.00. The van der Waals surface area contributed by atoms with E-state index >= 15 is 0 Å². The van der Waals surface area contributed by atoms with Crippen LogP contribution in [-0.2, 0) is 25.4 Å². The molecule has 0 aliphatic rings. The molecule has 0 aromatic carbocycles. The SMILES string of the molecule is FC(F)C(F)(F)COP(=S)(OCC(F)(F)C(F)F)OCC(F)(F)C(F)F. The normalized spacial score (nSPS) is 14.7. The van der Waals surface area contributed by atoms with Gasteiger partial charge in [-0.25, -0.2) is 26.3 Å². The Morgan fingerprint density at radius 1 is 0.577 bits per heavy atom. The molecule has 0 fully saturated rings. The number of rotatable bonds is 12. The van der Waals surface area contributed by atoms with Crippen LogP contribution in [0.3, 0.4) is 0 Å². The Morgan fingerprint density at radius 2 is 0.769 bits per heavy atom. The monoisotopic (exact) mass is 456 g/mol. The number of hydrogen-bond acceptors (Lipinski definition) is 4. The first-order valence-corrected chi connectivity index (χ1v) is 8.52. The van der Waals surface area contributed by atoms with Gasteiger partial charge in [-0.3, -0.25) is 0 Å². The molecule has 0 aromatic rings. The zero-order chi connectivity index (χ0) is 21.0. The molecule has 0 aromatic heterocycles. The van der Waals surface area contributed by atoms with Crippen LogP contribution >= 0.6 is 6.72 Å². The van der Waals surface area contributed by atoms with Crippen LogP contribution in [0.15, 0.2) is 0 Å². The van der Waals surface area contributed by atoms with Gasteiger partial charge in [-0.15, -0.1) is 0 Å². The maximum absolute atomic E-state index is 12.7. The van der Waals surface area contributed by atoms with E-state index in [1.54, 1.807) is 0 Å². The lowest BCUT2D eigenvalue weighted by Gasteiger charge is -2.27. The Labute approximate surface area is 142 Å². The van der Waals surface area contributed by atoms with E-state index in [1.165, 1.54) is 0 Å². The molecule has 158 valence electrons. The third-order valence-electron chi connectivity index (χ3n) is 2.20. The van der Waals surface area contributed by atoms with E-state index in [4.69, 9.17) is 0 Å². The standard InChI is InChI=1S/C9H9F12O3PS/c10-4(11)7(16,17)1-22-25(26,23-2-8(18,19)5(12)13)24-3-9(20,21)6(14)15/h4-6H,1-3H2. The maximum atomic E-state index is 12.7. The number of alkyl halides is 12. The van der Waals surface area contributed by atoms with Crippen molar-refractivity contribution in [2.75, 3.05) is 19.8 Å². The highest BCUT2D eigenvalue weighted by molar-refractivity contribution is 8.07. The summed E-state index contributed by atoms with van der Waals surface area (Å²) in [5.41, 5.74) is 0. The average Bonchev–Trinajstić information content (AvgIpc) is 2.49. The van der Waals surface area contributed by atoms with Crippen molar-refractivity contribution in [2.45, 2.75) is 37.0 Å². The molecule has 0 saturated heterocycles. The summed E-state index contributed by atoms with van der Waals surface area (Å²) in [5.74, 6) is -14.9. The second-order valence-electron chi connectivity index (χ2n) is 4.45. The second kappa shape index (κ2) is 9.26. The van der Waals surface area contributed by atoms with Crippen LogP contribution in [0.2, 0.25) is 0 Å². The molecule has 0 aliphatic carbocycles. The summed E-state index contributed by atoms with van der Waals surface area (Å²) in [6, 6.07) is 0. The van der Waals surface area contributed by atoms with Gasteiger partial charge in [-0.1, -0.05) is 0 Å². The van der Waals surface area contributed by atoms with E-state index in [0.717, 1.165) is 0 Å². The highest BCUT2D eigenvalue weighted by Crippen LogP contribution is 2.53. The van der Waals surface area contributed by atoms with Crippen molar-refractivity contribution in [1.82, 2.24) is 0 Å².